The van der Waals surface area contributed by atoms with Crippen LogP contribution in [0, 0.1) is 12.7 Å². The Bertz CT molecular complexity index is 433. The number of nitrogens with one attached hydrogen (secondary N) is 1. The Balaban J connectivity index is 1.59. The van der Waals surface area contributed by atoms with Crippen molar-refractivity contribution in [1.29, 1.82) is 0 Å². The minimum Gasteiger partial charge on any atom is -0.308 e. The molecule has 0 radical (unpaired) electrons. The van der Waals surface area contributed by atoms with E-state index in [1.807, 2.05) is 12.1 Å². The van der Waals surface area contributed by atoms with Crippen LogP contribution < -0.4 is 5.32 Å². The van der Waals surface area contributed by atoms with E-state index < -0.39 is 0 Å². The van der Waals surface area contributed by atoms with Crippen molar-refractivity contribution in [3.05, 3.63) is 35.1 Å². The number of benzene rings is 1. The van der Waals surface area contributed by atoms with Crippen molar-refractivity contribution in [3.63, 3.8) is 0 Å². The van der Waals surface area contributed by atoms with Gasteiger partial charge < -0.3 is 5.32 Å². The third-order valence-electron chi connectivity index (χ3n) is 4.41. The maximum atomic E-state index is 13.5. The van der Waals surface area contributed by atoms with E-state index in [2.05, 4.69) is 10.2 Å². The lowest BCUT2D eigenvalue weighted by atomic mass is 10.1. The predicted molar refractivity (Wildman–Crippen MR) is 71.0 cm³/mol. The quantitative estimate of drug-likeness (QED) is 0.884. The van der Waals surface area contributed by atoms with Gasteiger partial charge in [-0.1, -0.05) is 12.1 Å². The number of hydrogen-bond acceptors (Lipinski definition) is 2. The fourth-order valence-electron chi connectivity index (χ4n) is 3.32. The van der Waals surface area contributed by atoms with Gasteiger partial charge in [0.15, 0.2) is 0 Å². The average Bonchev–Trinajstić information content (AvgIpc) is 2.94. The van der Waals surface area contributed by atoms with Crippen LogP contribution in [0.3, 0.4) is 0 Å². The molecule has 0 aromatic heterocycles. The van der Waals surface area contributed by atoms with Crippen LogP contribution in [-0.4, -0.2) is 30.1 Å². The monoisotopic (exact) mass is 248 g/mol. The van der Waals surface area contributed by atoms with Gasteiger partial charge in [0.25, 0.3) is 0 Å². The lowest BCUT2D eigenvalue weighted by Crippen LogP contribution is -2.38. The highest BCUT2D eigenvalue weighted by atomic mass is 19.1. The summed E-state index contributed by atoms with van der Waals surface area (Å²) in [6.07, 6.45) is 3.89. The second kappa shape index (κ2) is 4.98. The Morgan fingerprint density at radius 2 is 2.22 bits per heavy atom. The number of fused-ring (bicyclic) bond motifs is 1. The van der Waals surface area contributed by atoms with Gasteiger partial charge in [-0.25, -0.2) is 4.39 Å². The first-order chi connectivity index (χ1) is 8.74. The van der Waals surface area contributed by atoms with Gasteiger partial charge in [0, 0.05) is 25.2 Å². The Morgan fingerprint density at radius 3 is 3.06 bits per heavy atom. The predicted octanol–water partition coefficient (Wildman–Crippen LogP) is 2.46. The van der Waals surface area contributed by atoms with Gasteiger partial charge in [0.05, 0.1) is 0 Å². The highest BCUT2D eigenvalue weighted by Crippen LogP contribution is 2.28. The summed E-state index contributed by atoms with van der Waals surface area (Å²) in [5.41, 5.74) is 1.77. The molecule has 0 spiro atoms. The molecule has 2 atom stereocenters. The second-order valence-electron chi connectivity index (χ2n) is 5.61. The van der Waals surface area contributed by atoms with Gasteiger partial charge in [-0.05, 0) is 49.9 Å². The topological polar surface area (TPSA) is 15.3 Å². The van der Waals surface area contributed by atoms with Crippen molar-refractivity contribution in [2.24, 2.45) is 0 Å². The summed E-state index contributed by atoms with van der Waals surface area (Å²) in [7, 11) is 0. The summed E-state index contributed by atoms with van der Waals surface area (Å²) in [5.74, 6) is -0.0942. The van der Waals surface area contributed by atoms with Crippen molar-refractivity contribution in [2.45, 2.75) is 44.8 Å². The van der Waals surface area contributed by atoms with Crippen LogP contribution in [0.4, 0.5) is 4.39 Å². The van der Waals surface area contributed by atoms with E-state index in [4.69, 9.17) is 0 Å². The molecule has 0 aliphatic carbocycles. The molecule has 2 fully saturated rings. The molecule has 0 saturated carbocycles. The molecule has 98 valence electrons. The van der Waals surface area contributed by atoms with E-state index in [0.29, 0.717) is 6.04 Å². The van der Waals surface area contributed by atoms with Gasteiger partial charge in [-0.2, -0.15) is 0 Å². The first kappa shape index (κ1) is 12.1. The second-order valence-corrected chi connectivity index (χ2v) is 5.61. The molecule has 0 amide bonds. The van der Waals surface area contributed by atoms with E-state index in [1.165, 1.54) is 32.4 Å². The Labute approximate surface area is 108 Å². The lowest BCUT2D eigenvalue weighted by molar-refractivity contribution is 0.298. The fraction of sp³-hybridized carbons (Fsp3) is 0.600. The number of hydrogen-bond donors (Lipinski definition) is 1. The molecule has 2 saturated heterocycles. The van der Waals surface area contributed by atoms with Crippen LogP contribution in [0.25, 0.3) is 0 Å². The first-order valence-electron chi connectivity index (χ1n) is 6.96. The highest BCUT2D eigenvalue weighted by Gasteiger charge is 2.36. The van der Waals surface area contributed by atoms with E-state index in [9.17, 15) is 4.39 Å². The molecule has 3 heteroatoms. The van der Waals surface area contributed by atoms with Crippen molar-refractivity contribution in [1.82, 2.24) is 10.2 Å². The normalized spacial score (nSPS) is 27.7. The van der Waals surface area contributed by atoms with Gasteiger partial charge in [-0.3, -0.25) is 4.90 Å². The first-order valence-corrected chi connectivity index (χ1v) is 6.96. The van der Waals surface area contributed by atoms with E-state index in [0.717, 1.165) is 23.7 Å². The molecule has 2 unspecified atom stereocenters. The maximum absolute atomic E-state index is 13.5. The van der Waals surface area contributed by atoms with E-state index in [-0.39, 0.29) is 5.82 Å². The Hall–Kier alpha value is -0.930. The van der Waals surface area contributed by atoms with Crippen LogP contribution in [0.15, 0.2) is 18.2 Å². The highest BCUT2D eigenvalue weighted by molar-refractivity contribution is 5.23. The summed E-state index contributed by atoms with van der Waals surface area (Å²) < 4.78 is 13.5. The van der Waals surface area contributed by atoms with Gasteiger partial charge in [-0.15, -0.1) is 0 Å². The van der Waals surface area contributed by atoms with Crippen molar-refractivity contribution < 1.29 is 4.39 Å². The lowest BCUT2D eigenvalue weighted by Gasteiger charge is -2.21. The van der Waals surface area contributed by atoms with Gasteiger partial charge in [0.1, 0.15) is 5.82 Å². The molecule has 2 heterocycles. The fourth-order valence-corrected chi connectivity index (χ4v) is 3.32. The van der Waals surface area contributed by atoms with Crippen molar-refractivity contribution in [3.8, 4) is 0 Å². The summed E-state index contributed by atoms with van der Waals surface area (Å²) in [5, 5.41) is 3.61. The average molecular weight is 248 g/mol. The van der Waals surface area contributed by atoms with E-state index in [1.54, 1.807) is 13.0 Å². The molecule has 1 aromatic rings. The Kier molecular flexibility index (Phi) is 3.35. The molecule has 18 heavy (non-hydrogen) atoms. The van der Waals surface area contributed by atoms with Crippen LogP contribution in [0.1, 0.15) is 30.4 Å². The minimum absolute atomic E-state index is 0.0942. The number of nitrogens with zero attached hydrogens (tertiary/aromatic N) is 1. The maximum Gasteiger partial charge on any atom is 0.126 e. The summed E-state index contributed by atoms with van der Waals surface area (Å²) in [6.45, 7) is 5.08. The summed E-state index contributed by atoms with van der Waals surface area (Å²) in [4.78, 5) is 2.59. The van der Waals surface area contributed by atoms with Crippen LogP contribution in [-0.2, 0) is 6.54 Å². The molecule has 3 rings (SSSR count). The van der Waals surface area contributed by atoms with E-state index >= 15 is 0 Å². The molecule has 1 aromatic carbocycles. The van der Waals surface area contributed by atoms with Crippen LogP contribution >= 0.6 is 0 Å². The molecule has 1 N–H and O–H groups in total. The molecular weight excluding hydrogens is 227 g/mol. The Morgan fingerprint density at radius 1 is 1.33 bits per heavy atom. The number of halogens is 1. The summed E-state index contributed by atoms with van der Waals surface area (Å²) >= 11 is 0. The largest absolute Gasteiger partial charge is 0.308 e. The van der Waals surface area contributed by atoms with Crippen LogP contribution in [0.5, 0.6) is 0 Å². The standard InChI is InChI=1S/C15H21FN2/c1-11-4-5-12(9-13(11)16)10-17-14-6-8-18-7-2-3-15(14)18/h4-5,9,14-15,17H,2-3,6-8,10H2,1H3. The SMILES string of the molecule is Cc1ccc(CNC2CCN3CCCC23)cc1F. The van der Waals surface area contributed by atoms with Crippen molar-refractivity contribution >= 4 is 0 Å². The zero-order valence-corrected chi connectivity index (χ0v) is 11.0. The summed E-state index contributed by atoms with van der Waals surface area (Å²) in [6, 6.07) is 6.86. The molecule has 2 aliphatic rings. The van der Waals surface area contributed by atoms with Gasteiger partial charge in [0.2, 0.25) is 0 Å². The molecule has 0 bridgehead atoms. The smallest absolute Gasteiger partial charge is 0.126 e. The van der Waals surface area contributed by atoms with Crippen molar-refractivity contribution in [2.75, 3.05) is 13.1 Å². The molecule has 2 aliphatic heterocycles. The number of aryl methyl sites for hydroxylation is 1. The third kappa shape index (κ3) is 2.29. The molecular formula is C15H21FN2. The van der Waals surface area contributed by atoms with Crippen LogP contribution in [0.2, 0.25) is 0 Å². The zero-order valence-electron chi connectivity index (χ0n) is 11.0. The third-order valence-corrected chi connectivity index (χ3v) is 4.41. The minimum atomic E-state index is -0.0942. The zero-order chi connectivity index (χ0) is 12.5. The molecule has 2 nitrogen and oxygen atoms in total. The number of rotatable bonds is 3. The van der Waals surface area contributed by atoms with Gasteiger partial charge >= 0.3 is 0 Å².